The van der Waals surface area contributed by atoms with Crippen molar-refractivity contribution in [1.82, 2.24) is 25.0 Å². The van der Waals surface area contributed by atoms with E-state index in [1.165, 1.54) is 6.07 Å². The maximum Gasteiger partial charge on any atom is 0.272 e. The third-order valence-electron chi connectivity index (χ3n) is 6.79. The van der Waals surface area contributed by atoms with Crippen LogP contribution in [-0.4, -0.2) is 68.6 Å². The lowest BCUT2D eigenvalue weighted by Crippen LogP contribution is -2.43. The number of H-pyrrole nitrogens is 2. The van der Waals surface area contributed by atoms with Gasteiger partial charge in [-0.15, -0.1) is 0 Å². The van der Waals surface area contributed by atoms with Crippen molar-refractivity contribution in [1.29, 1.82) is 0 Å². The Hall–Kier alpha value is -3.20. The molecule has 174 valence electrons. The van der Waals surface area contributed by atoms with E-state index in [2.05, 4.69) is 15.2 Å². The minimum atomic E-state index is -0.395. The summed E-state index contributed by atoms with van der Waals surface area (Å²) in [7, 11) is 1.80. The van der Waals surface area contributed by atoms with Crippen molar-refractivity contribution in [3.63, 3.8) is 0 Å². The van der Waals surface area contributed by atoms with E-state index < -0.39 is 5.82 Å². The van der Waals surface area contributed by atoms with Crippen LogP contribution in [0.1, 0.15) is 58.9 Å². The van der Waals surface area contributed by atoms with Gasteiger partial charge in [-0.1, -0.05) is 12.1 Å². The van der Waals surface area contributed by atoms with Gasteiger partial charge in [0.1, 0.15) is 17.2 Å². The predicted molar refractivity (Wildman–Crippen MR) is 120 cm³/mol. The van der Waals surface area contributed by atoms with Gasteiger partial charge in [0.15, 0.2) is 0 Å². The zero-order valence-corrected chi connectivity index (χ0v) is 19.1. The number of halogens is 1. The molecule has 1 aliphatic heterocycles. The van der Waals surface area contributed by atoms with Crippen molar-refractivity contribution in [3.05, 3.63) is 52.7 Å². The Morgan fingerprint density at radius 2 is 2.12 bits per heavy atom. The fourth-order valence-electron chi connectivity index (χ4n) is 4.47. The van der Waals surface area contributed by atoms with Crippen molar-refractivity contribution in [2.75, 3.05) is 20.2 Å². The Bertz CT molecular complexity index is 1230. The van der Waals surface area contributed by atoms with Crippen LogP contribution in [0.5, 0.6) is 0 Å². The molecule has 2 N–H and O–H groups in total. The molecule has 1 fully saturated rings. The number of aromatic amines is 2. The Labute approximate surface area is 191 Å². The third-order valence-corrected chi connectivity index (χ3v) is 6.79. The van der Waals surface area contributed by atoms with Crippen LogP contribution in [0.25, 0.3) is 10.9 Å². The molecule has 1 aliphatic carbocycles. The summed E-state index contributed by atoms with van der Waals surface area (Å²) >= 11 is 0. The maximum atomic E-state index is 14.1. The Balaban J connectivity index is 1.35. The zero-order valence-electron chi connectivity index (χ0n) is 19.1. The molecule has 5 rings (SSSR count). The van der Waals surface area contributed by atoms with E-state index in [9.17, 15) is 14.0 Å². The minimum absolute atomic E-state index is 0.101. The number of amides is 2. The van der Waals surface area contributed by atoms with Gasteiger partial charge < -0.3 is 19.5 Å². The second-order valence-electron chi connectivity index (χ2n) is 9.34. The molecule has 0 spiro atoms. The number of hydrogen-bond donors (Lipinski definition) is 2. The molecule has 0 atom stereocenters. The van der Waals surface area contributed by atoms with Gasteiger partial charge in [0.25, 0.3) is 11.8 Å². The molecule has 2 aliphatic rings. The van der Waals surface area contributed by atoms with Crippen LogP contribution in [0.3, 0.4) is 0 Å². The van der Waals surface area contributed by atoms with Gasteiger partial charge in [-0.2, -0.15) is 5.10 Å². The smallest absolute Gasteiger partial charge is 0.272 e. The standard InChI is InChI=1S/C24H28FN5O3/c1-14(2)33-13-24(8-9-24)29(3)23(32)21-16-12-30(10-7-18(16)27-28-21)22(31)19-11-15-5-4-6-17(25)20(15)26-19/h4-6,11,14,26H,7-10,12-13H2,1-3H3,(H,27,28). The molecule has 3 heterocycles. The fraction of sp³-hybridized carbons (Fsp3) is 0.458. The number of likely N-dealkylation sites (N-methyl/N-ethyl adjacent to an activating group) is 1. The number of benzene rings is 1. The first kappa shape index (κ1) is 21.6. The van der Waals surface area contributed by atoms with E-state index >= 15 is 0 Å². The predicted octanol–water partition coefficient (Wildman–Crippen LogP) is 3.26. The van der Waals surface area contributed by atoms with Gasteiger partial charge in [-0.3, -0.25) is 14.7 Å². The molecular weight excluding hydrogens is 425 g/mol. The molecule has 3 aromatic rings. The summed E-state index contributed by atoms with van der Waals surface area (Å²) in [6.07, 6.45) is 2.45. The lowest BCUT2D eigenvalue weighted by atomic mass is 10.0. The Kier molecular flexibility index (Phi) is 5.23. The van der Waals surface area contributed by atoms with Crippen molar-refractivity contribution < 1.29 is 18.7 Å². The number of aromatic nitrogens is 3. The lowest BCUT2D eigenvalue weighted by molar-refractivity contribution is 0.0200. The monoisotopic (exact) mass is 453 g/mol. The summed E-state index contributed by atoms with van der Waals surface area (Å²) in [6, 6.07) is 6.40. The number of nitrogens with zero attached hydrogens (tertiary/aromatic N) is 3. The van der Waals surface area contributed by atoms with Crippen LogP contribution in [0.15, 0.2) is 24.3 Å². The second-order valence-corrected chi connectivity index (χ2v) is 9.34. The normalized spacial score (nSPS) is 16.8. The quantitative estimate of drug-likeness (QED) is 0.599. The van der Waals surface area contributed by atoms with Gasteiger partial charge in [0.05, 0.1) is 36.0 Å². The fourth-order valence-corrected chi connectivity index (χ4v) is 4.47. The average molecular weight is 454 g/mol. The average Bonchev–Trinajstić information content (AvgIpc) is 3.27. The number of nitrogens with one attached hydrogen (secondary N) is 2. The molecule has 9 heteroatoms. The topological polar surface area (TPSA) is 94.3 Å². The summed E-state index contributed by atoms with van der Waals surface area (Å²) in [5.74, 6) is -0.766. The van der Waals surface area contributed by atoms with Crippen molar-refractivity contribution in [2.24, 2.45) is 0 Å². The largest absolute Gasteiger partial charge is 0.376 e. The molecule has 8 nitrogen and oxygen atoms in total. The zero-order chi connectivity index (χ0) is 23.3. The minimum Gasteiger partial charge on any atom is -0.376 e. The van der Waals surface area contributed by atoms with E-state index in [1.54, 1.807) is 35.0 Å². The van der Waals surface area contributed by atoms with Crippen LogP contribution in [0, 0.1) is 5.82 Å². The molecule has 0 bridgehead atoms. The van der Waals surface area contributed by atoms with Gasteiger partial charge in [0.2, 0.25) is 0 Å². The Morgan fingerprint density at radius 3 is 2.82 bits per heavy atom. The number of ether oxygens (including phenoxy) is 1. The molecule has 33 heavy (non-hydrogen) atoms. The Morgan fingerprint density at radius 1 is 1.33 bits per heavy atom. The van der Waals surface area contributed by atoms with Gasteiger partial charge >= 0.3 is 0 Å². The highest BCUT2D eigenvalue weighted by molar-refractivity contribution is 5.99. The second kappa shape index (κ2) is 7.98. The molecule has 2 amide bonds. The van der Waals surface area contributed by atoms with Crippen LogP contribution in [0.4, 0.5) is 4.39 Å². The highest BCUT2D eigenvalue weighted by atomic mass is 19.1. The first-order valence-electron chi connectivity index (χ1n) is 11.3. The van der Waals surface area contributed by atoms with E-state index in [0.29, 0.717) is 41.9 Å². The molecule has 1 aromatic carbocycles. The molecule has 0 saturated heterocycles. The summed E-state index contributed by atoms with van der Waals surface area (Å²) in [4.78, 5) is 32.9. The molecule has 2 aromatic heterocycles. The third kappa shape index (κ3) is 3.80. The van der Waals surface area contributed by atoms with E-state index in [1.807, 2.05) is 13.8 Å². The highest BCUT2D eigenvalue weighted by Gasteiger charge is 2.49. The summed E-state index contributed by atoms with van der Waals surface area (Å²) in [5.41, 5.74) is 2.34. The number of para-hydroxylation sites is 1. The highest BCUT2D eigenvalue weighted by Crippen LogP contribution is 2.42. The number of fused-ring (bicyclic) bond motifs is 2. The first-order valence-corrected chi connectivity index (χ1v) is 11.3. The number of hydrogen-bond acceptors (Lipinski definition) is 4. The van der Waals surface area contributed by atoms with Gasteiger partial charge in [-0.05, 0) is 38.8 Å². The summed E-state index contributed by atoms with van der Waals surface area (Å²) < 4.78 is 19.9. The van der Waals surface area contributed by atoms with Crippen molar-refractivity contribution in [3.8, 4) is 0 Å². The van der Waals surface area contributed by atoms with Crippen LogP contribution < -0.4 is 0 Å². The van der Waals surface area contributed by atoms with E-state index in [4.69, 9.17) is 4.74 Å². The van der Waals surface area contributed by atoms with Crippen molar-refractivity contribution in [2.45, 2.75) is 51.3 Å². The van der Waals surface area contributed by atoms with E-state index in [-0.39, 0.29) is 30.0 Å². The van der Waals surface area contributed by atoms with Gasteiger partial charge in [0, 0.05) is 31.0 Å². The number of rotatable bonds is 6. The first-order chi connectivity index (χ1) is 15.8. The summed E-state index contributed by atoms with van der Waals surface area (Å²) in [5, 5.41) is 7.91. The van der Waals surface area contributed by atoms with Crippen LogP contribution >= 0.6 is 0 Å². The molecule has 0 unspecified atom stereocenters. The van der Waals surface area contributed by atoms with E-state index in [0.717, 1.165) is 24.1 Å². The molecule has 1 saturated carbocycles. The number of carbonyl (C=O) groups is 2. The van der Waals surface area contributed by atoms with Gasteiger partial charge in [-0.25, -0.2) is 4.39 Å². The summed E-state index contributed by atoms with van der Waals surface area (Å²) in [6.45, 7) is 5.22. The maximum absolute atomic E-state index is 14.1. The lowest BCUT2D eigenvalue weighted by Gasteiger charge is -2.30. The van der Waals surface area contributed by atoms with Crippen LogP contribution in [0.2, 0.25) is 0 Å². The molecular formula is C24H28FN5O3. The van der Waals surface area contributed by atoms with Crippen molar-refractivity contribution >= 4 is 22.7 Å². The van der Waals surface area contributed by atoms with Crippen LogP contribution in [-0.2, 0) is 17.7 Å². The SMILES string of the molecule is CC(C)OCC1(N(C)C(=O)c2[nH]nc3c2CN(C(=O)c2cc4cccc(F)c4[nH]2)CC3)CC1. The molecule has 0 radical (unpaired) electrons. The number of carbonyl (C=O) groups excluding carboxylic acids is 2.